The number of carbonyl (C=O) groups is 1. The van der Waals surface area contributed by atoms with Crippen LogP contribution in [0.5, 0.6) is 0 Å². The fraction of sp³-hybridized carbons (Fsp3) is 0.167. The van der Waals surface area contributed by atoms with E-state index in [1.807, 2.05) is 25.1 Å². The lowest BCUT2D eigenvalue weighted by Crippen LogP contribution is -2.03. The van der Waals surface area contributed by atoms with Crippen molar-refractivity contribution in [3.05, 3.63) is 37.8 Å². The lowest BCUT2D eigenvalue weighted by Gasteiger charge is -2.03. The van der Waals surface area contributed by atoms with Gasteiger partial charge in [-0.05, 0) is 46.1 Å². The Kier molecular flexibility index (Phi) is 4.19. The van der Waals surface area contributed by atoms with Crippen molar-refractivity contribution in [3.8, 4) is 10.4 Å². The molecule has 0 aliphatic rings. The summed E-state index contributed by atoms with van der Waals surface area (Å²) in [6.07, 6.45) is 0. The summed E-state index contributed by atoms with van der Waals surface area (Å²) in [5.74, 6) is -0.424. The molecule has 0 atom stereocenters. The van der Waals surface area contributed by atoms with Gasteiger partial charge in [0.2, 0.25) is 0 Å². The minimum absolute atomic E-state index is 0.344. The first-order valence-electron chi connectivity index (χ1n) is 5.04. The van der Waals surface area contributed by atoms with Crippen molar-refractivity contribution in [2.75, 3.05) is 7.11 Å². The summed E-state index contributed by atoms with van der Waals surface area (Å²) in [4.78, 5) is 16.6. The maximum absolute atomic E-state index is 11.7. The lowest BCUT2D eigenvalue weighted by atomic mass is 10.1. The van der Waals surface area contributed by atoms with Crippen LogP contribution in [0, 0.1) is 6.92 Å². The zero-order valence-corrected chi connectivity index (χ0v) is 13.6. The first-order chi connectivity index (χ1) is 8.52. The van der Waals surface area contributed by atoms with Crippen LogP contribution in [0.2, 0.25) is 0 Å². The van der Waals surface area contributed by atoms with Crippen molar-refractivity contribution in [1.82, 2.24) is 4.98 Å². The first kappa shape index (κ1) is 13.7. The van der Waals surface area contributed by atoms with Crippen LogP contribution in [0.15, 0.2) is 26.6 Å². The molecule has 0 radical (unpaired) electrons. The lowest BCUT2D eigenvalue weighted by molar-refractivity contribution is 0.0595. The van der Waals surface area contributed by atoms with Crippen molar-refractivity contribution in [2.45, 2.75) is 6.92 Å². The molecule has 0 aliphatic carbocycles. The Balaban J connectivity index is 2.56. The predicted molar refractivity (Wildman–Crippen MR) is 79.0 cm³/mol. The van der Waals surface area contributed by atoms with Crippen LogP contribution in [0.1, 0.15) is 16.1 Å². The zero-order chi connectivity index (χ0) is 13.3. The molecule has 18 heavy (non-hydrogen) atoms. The molecule has 94 valence electrons. The summed E-state index contributed by atoms with van der Waals surface area (Å²) in [7, 11) is 1.35. The molecule has 0 saturated carbocycles. The summed E-state index contributed by atoms with van der Waals surface area (Å²) >= 11 is 8.17. The van der Waals surface area contributed by atoms with Gasteiger partial charge in [-0.3, -0.25) is 0 Å². The van der Waals surface area contributed by atoms with Gasteiger partial charge in [0.25, 0.3) is 0 Å². The van der Waals surface area contributed by atoms with Crippen molar-refractivity contribution < 1.29 is 9.53 Å². The van der Waals surface area contributed by atoms with E-state index in [1.165, 1.54) is 18.4 Å². The number of rotatable bonds is 2. The molecule has 2 rings (SSSR count). The fourth-order valence-electron chi connectivity index (χ4n) is 1.51. The number of aryl methyl sites for hydroxylation is 1. The van der Waals surface area contributed by atoms with Crippen LogP contribution in [-0.4, -0.2) is 18.1 Å². The molecule has 0 unspecified atom stereocenters. The molecule has 0 fully saturated rings. The Hall–Kier alpha value is -0.720. The van der Waals surface area contributed by atoms with E-state index in [-0.39, 0.29) is 0 Å². The highest BCUT2D eigenvalue weighted by molar-refractivity contribution is 9.11. The summed E-state index contributed by atoms with van der Waals surface area (Å²) < 4.78 is 6.44. The zero-order valence-electron chi connectivity index (χ0n) is 9.66. The molecule has 0 amide bonds. The molecule has 0 spiro atoms. The number of nitrogens with zero attached hydrogens (tertiary/aromatic N) is 1. The summed E-state index contributed by atoms with van der Waals surface area (Å²) in [6.45, 7) is 2.00. The van der Waals surface area contributed by atoms with E-state index in [2.05, 4.69) is 36.8 Å². The van der Waals surface area contributed by atoms with Crippen LogP contribution in [0.4, 0.5) is 0 Å². The number of thiazole rings is 1. The van der Waals surface area contributed by atoms with Crippen molar-refractivity contribution in [3.63, 3.8) is 0 Å². The topological polar surface area (TPSA) is 39.2 Å². The van der Waals surface area contributed by atoms with Crippen LogP contribution >= 0.6 is 43.2 Å². The quantitative estimate of drug-likeness (QED) is 0.712. The Bertz CT molecular complexity index is 610. The second kappa shape index (κ2) is 5.50. The maximum atomic E-state index is 11.7. The van der Waals surface area contributed by atoms with E-state index < -0.39 is 5.97 Å². The van der Waals surface area contributed by atoms with Crippen LogP contribution in [0.3, 0.4) is 0 Å². The van der Waals surface area contributed by atoms with Gasteiger partial charge in [-0.15, -0.1) is 11.3 Å². The van der Waals surface area contributed by atoms with Gasteiger partial charge in [-0.1, -0.05) is 22.0 Å². The van der Waals surface area contributed by atoms with Crippen molar-refractivity contribution >= 4 is 49.2 Å². The van der Waals surface area contributed by atoms with Crippen LogP contribution in [-0.2, 0) is 4.74 Å². The molecule has 0 aliphatic heterocycles. The molecule has 1 aromatic carbocycles. The van der Waals surface area contributed by atoms with Gasteiger partial charge in [-0.2, -0.15) is 0 Å². The number of hydrogen-bond donors (Lipinski definition) is 0. The Morgan fingerprint density at radius 2 is 2.11 bits per heavy atom. The molecule has 0 bridgehead atoms. The minimum atomic E-state index is -0.424. The predicted octanol–water partition coefficient (Wildman–Crippen LogP) is 4.43. The van der Waals surface area contributed by atoms with Gasteiger partial charge in [0.05, 0.1) is 12.0 Å². The third-order valence-corrected chi connectivity index (χ3v) is 4.85. The Labute approximate surface area is 125 Å². The highest BCUT2D eigenvalue weighted by Gasteiger charge is 2.19. The third-order valence-electron chi connectivity index (χ3n) is 2.40. The molecule has 3 nitrogen and oxygen atoms in total. The summed E-state index contributed by atoms with van der Waals surface area (Å²) in [5, 5.41) is 0. The molecular formula is C12H9Br2NO2S. The number of benzene rings is 1. The Morgan fingerprint density at radius 1 is 1.39 bits per heavy atom. The van der Waals surface area contributed by atoms with Gasteiger partial charge in [0, 0.05) is 4.47 Å². The largest absolute Gasteiger partial charge is 0.464 e. The molecule has 0 saturated heterocycles. The molecule has 1 aromatic heterocycles. The molecule has 1 heterocycles. The number of ether oxygens (including phenoxy) is 1. The van der Waals surface area contributed by atoms with Gasteiger partial charge in [0.15, 0.2) is 9.61 Å². The maximum Gasteiger partial charge on any atom is 0.358 e. The van der Waals surface area contributed by atoms with Crippen molar-refractivity contribution in [1.29, 1.82) is 0 Å². The van der Waals surface area contributed by atoms with E-state index in [1.54, 1.807) is 0 Å². The van der Waals surface area contributed by atoms with Gasteiger partial charge in [0.1, 0.15) is 0 Å². The summed E-state index contributed by atoms with van der Waals surface area (Å²) in [6, 6.07) is 5.92. The van der Waals surface area contributed by atoms with E-state index in [0.717, 1.165) is 20.5 Å². The Morgan fingerprint density at radius 3 is 2.72 bits per heavy atom. The number of carbonyl (C=O) groups excluding carboxylic acids is 1. The second-order valence-electron chi connectivity index (χ2n) is 3.60. The van der Waals surface area contributed by atoms with Gasteiger partial charge < -0.3 is 4.74 Å². The third kappa shape index (κ3) is 2.65. The fourth-order valence-corrected chi connectivity index (χ4v) is 3.20. The number of halogens is 2. The number of esters is 1. The van der Waals surface area contributed by atoms with E-state index in [0.29, 0.717) is 9.61 Å². The van der Waals surface area contributed by atoms with Crippen molar-refractivity contribution in [2.24, 2.45) is 0 Å². The van der Waals surface area contributed by atoms with Gasteiger partial charge in [-0.25, -0.2) is 9.78 Å². The monoisotopic (exact) mass is 389 g/mol. The van der Waals surface area contributed by atoms with E-state index >= 15 is 0 Å². The van der Waals surface area contributed by atoms with Crippen LogP contribution < -0.4 is 0 Å². The highest BCUT2D eigenvalue weighted by Crippen LogP contribution is 2.35. The smallest absolute Gasteiger partial charge is 0.358 e. The van der Waals surface area contributed by atoms with E-state index in [9.17, 15) is 4.79 Å². The number of methoxy groups -OCH3 is 1. The normalized spacial score (nSPS) is 10.4. The molecule has 2 aromatic rings. The number of hydrogen-bond acceptors (Lipinski definition) is 4. The second-order valence-corrected chi connectivity index (χ2v) is 6.73. The molecule has 6 heteroatoms. The van der Waals surface area contributed by atoms with Crippen LogP contribution in [0.25, 0.3) is 10.4 Å². The first-order valence-corrected chi connectivity index (χ1v) is 7.44. The van der Waals surface area contributed by atoms with Gasteiger partial charge >= 0.3 is 5.97 Å². The molecular weight excluding hydrogens is 382 g/mol. The average molecular weight is 391 g/mol. The minimum Gasteiger partial charge on any atom is -0.464 e. The SMILES string of the molecule is COC(=O)c1nc(Br)sc1-c1ccc(Br)c(C)c1. The summed E-state index contributed by atoms with van der Waals surface area (Å²) in [5.41, 5.74) is 2.41. The standard InChI is InChI=1S/C12H9Br2NO2S/c1-6-5-7(3-4-8(6)13)10-9(11(16)17-2)15-12(14)18-10/h3-5H,1-2H3. The number of aromatic nitrogens is 1. The highest BCUT2D eigenvalue weighted by atomic mass is 79.9. The molecule has 0 N–H and O–H groups in total. The average Bonchev–Trinajstić information content (AvgIpc) is 2.74. The van der Waals surface area contributed by atoms with E-state index in [4.69, 9.17) is 4.74 Å².